The Hall–Kier alpha value is -2.40. The highest BCUT2D eigenvalue weighted by Crippen LogP contribution is 2.35. The number of anilines is 1. The maximum atomic E-state index is 13.3. The van der Waals surface area contributed by atoms with Gasteiger partial charge in [0.05, 0.1) is 0 Å². The van der Waals surface area contributed by atoms with Crippen molar-refractivity contribution in [3.8, 4) is 0 Å². The second kappa shape index (κ2) is 6.61. The molecule has 5 heteroatoms. The summed E-state index contributed by atoms with van der Waals surface area (Å²) in [5, 5.41) is 3.32. The first kappa shape index (κ1) is 15.1. The lowest BCUT2D eigenvalue weighted by Crippen LogP contribution is -2.50. The van der Waals surface area contributed by atoms with Crippen molar-refractivity contribution >= 4 is 11.6 Å². The molecular formula is C19H22N4O. The summed E-state index contributed by atoms with van der Waals surface area (Å²) in [5.74, 6) is 0.194. The molecule has 4 rings (SSSR count). The number of fused-ring (bicyclic) bond motifs is 1. The zero-order valence-electron chi connectivity index (χ0n) is 13.7. The van der Waals surface area contributed by atoms with Crippen molar-refractivity contribution in [1.29, 1.82) is 0 Å². The van der Waals surface area contributed by atoms with E-state index in [1.165, 1.54) is 11.3 Å². The van der Waals surface area contributed by atoms with Crippen LogP contribution in [0.3, 0.4) is 0 Å². The molecule has 5 nitrogen and oxygen atoms in total. The van der Waals surface area contributed by atoms with Gasteiger partial charge in [0.1, 0.15) is 6.04 Å². The van der Waals surface area contributed by atoms with E-state index in [9.17, 15) is 4.79 Å². The summed E-state index contributed by atoms with van der Waals surface area (Å²) in [6.07, 6.45) is 4.54. The van der Waals surface area contributed by atoms with Gasteiger partial charge in [0.25, 0.3) is 0 Å². The topological polar surface area (TPSA) is 48.5 Å². The van der Waals surface area contributed by atoms with Gasteiger partial charge >= 0.3 is 0 Å². The van der Waals surface area contributed by atoms with E-state index in [0.29, 0.717) is 0 Å². The molecule has 0 radical (unpaired) electrons. The van der Waals surface area contributed by atoms with Gasteiger partial charge in [-0.25, -0.2) is 0 Å². The van der Waals surface area contributed by atoms with Crippen LogP contribution < -0.4 is 10.2 Å². The minimum atomic E-state index is -0.269. The van der Waals surface area contributed by atoms with Crippen molar-refractivity contribution in [2.24, 2.45) is 0 Å². The van der Waals surface area contributed by atoms with Gasteiger partial charge in [-0.15, -0.1) is 0 Å². The highest BCUT2D eigenvalue weighted by Gasteiger charge is 2.35. The van der Waals surface area contributed by atoms with E-state index in [-0.39, 0.29) is 11.9 Å². The molecule has 2 aliphatic rings. The third kappa shape index (κ3) is 2.76. The monoisotopic (exact) mass is 322 g/mol. The number of benzene rings is 1. The molecule has 2 aliphatic heterocycles. The van der Waals surface area contributed by atoms with Crippen LogP contribution in [-0.4, -0.2) is 48.5 Å². The Morgan fingerprint density at radius 1 is 1.04 bits per heavy atom. The molecular weight excluding hydrogens is 300 g/mol. The van der Waals surface area contributed by atoms with Crippen molar-refractivity contribution in [3.05, 3.63) is 59.9 Å². The number of pyridine rings is 1. The lowest BCUT2D eigenvalue weighted by Gasteiger charge is -2.36. The fourth-order valence-electron chi connectivity index (χ4n) is 3.69. The molecule has 1 N–H and O–H groups in total. The first-order chi connectivity index (χ1) is 11.8. The molecule has 0 saturated carbocycles. The van der Waals surface area contributed by atoms with Crippen molar-refractivity contribution in [2.75, 3.05) is 37.6 Å². The molecule has 1 saturated heterocycles. The van der Waals surface area contributed by atoms with Crippen LogP contribution in [0.25, 0.3) is 0 Å². The van der Waals surface area contributed by atoms with Crippen molar-refractivity contribution in [1.82, 2.24) is 15.2 Å². The number of nitrogens with one attached hydrogen (secondary N) is 1. The number of hydrogen-bond donors (Lipinski definition) is 1. The first-order valence-electron chi connectivity index (χ1n) is 8.58. The molecule has 124 valence electrons. The van der Waals surface area contributed by atoms with Crippen molar-refractivity contribution in [2.45, 2.75) is 12.5 Å². The normalized spacial score (nSPS) is 18.3. The number of carbonyl (C=O) groups is 1. The van der Waals surface area contributed by atoms with Gasteiger partial charge < -0.3 is 15.1 Å². The average molecular weight is 322 g/mol. The number of aromatic nitrogens is 1. The van der Waals surface area contributed by atoms with E-state index >= 15 is 0 Å². The molecule has 1 amide bonds. The number of nitrogens with zero attached hydrogens (tertiary/aromatic N) is 3. The second-order valence-electron chi connectivity index (χ2n) is 6.33. The van der Waals surface area contributed by atoms with E-state index in [0.717, 1.165) is 44.7 Å². The summed E-state index contributed by atoms with van der Waals surface area (Å²) < 4.78 is 0. The van der Waals surface area contributed by atoms with Gasteiger partial charge in [0, 0.05) is 50.8 Å². The summed E-state index contributed by atoms with van der Waals surface area (Å²) in [4.78, 5) is 21.7. The van der Waals surface area contributed by atoms with E-state index in [1.807, 2.05) is 17.0 Å². The van der Waals surface area contributed by atoms with E-state index in [1.54, 1.807) is 12.4 Å². The van der Waals surface area contributed by atoms with Gasteiger partial charge in [0.15, 0.2) is 0 Å². The number of piperazine rings is 1. The maximum absolute atomic E-state index is 13.3. The van der Waals surface area contributed by atoms with Gasteiger partial charge in [-0.1, -0.05) is 18.2 Å². The predicted molar refractivity (Wildman–Crippen MR) is 93.9 cm³/mol. The maximum Gasteiger partial charge on any atom is 0.250 e. The molecule has 0 spiro atoms. The van der Waals surface area contributed by atoms with Gasteiger partial charge in [-0.3, -0.25) is 9.78 Å². The van der Waals surface area contributed by atoms with Crippen LogP contribution in [0.1, 0.15) is 17.2 Å². The lowest BCUT2D eigenvalue weighted by molar-refractivity contribution is -0.133. The van der Waals surface area contributed by atoms with Crippen molar-refractivity contribution < 1.29 is 4.79 Å². The summed E-state index contributed by atoms with van der Waals surface area (Å²) in [5.41, 5.74) is 3.53. The summed E-state index contributed by atoms with van der Waals surface area (Å²) in [6.45, 7) is 4.16. The smallest absolute Gasteiger partial charge is 0.250 e. The molecule has 2 aromatic rings. The quantitative estimate of drug-likeness (QED) is 0.933. The Morgan fingerprint density at radius 3 is 2.58 bits per heavy atom. The highest BCUT2D eigenvalue weighted by molar-refractivity contribution is 5.87. The third-order valence-corrected chi connectivity index (χ3v) is 4.92. The Labute approximate surface area is 142 Å². The minimum absolute atomic E-state index is 0.194. The molecule has 24 heavy (non-hydrogen) atoms. The molecule has 1 atom stereocenters. The third-order valence-electron chi connectivity index (χ3n) is 4.92. The highest BCUT2D eigenvalue weighted by atomic mass is 16.2. The average Bonchev–Trinajstić information content (AvgIpc) is 3.07. The van der Waals surface area contributed by atoms with Gasteiger partial charge in [-0.05, 0) is 35.7 Å². The molecule has 1 unspecified atom stereocenters. The number of carbonyl (C=O) groups excluding carboxylic acids is 1. The summed E-state index contributed by atoms with van der Waals surface area (Å²) in [7, 11) is 0. The van der Waals surface area contributed by atoms with Crippen LogP contribution in [0.5, 0.6) is 0 Å². The van der Waals surface area contributed by atoms with Gasteiger partial charge in [-0.2, -0.15) is 0 Å². The molecule has 0 aliphatic carbocycles. The first-order valence-corrected chi connectivity index (χ1v) is 8.58. The number of amides is 1. The Kier molecular flexibility index (Phi) is 4.17. The lowest BCUT2D eigenvalue weighted by atomic mass is 10.0. The Morgan fingerprint density at radius 2 is 1.79 bits per heavy atom. The van der Waals surface area contributed by atoms with E-state index < -0.39 is 0 Å². The van der Waals surface area contributed by atoms with Crippen LogP contribution in [-0.2, 0) is 11.2 Å². The van der Waals surface area contributed by atoms with Crippen LogP contribution in [0, 0.1) is 0 Å². The minimum Gasteiger partial charge on any atom is -0.355 e. The molecule has 1 aromatic heterocycles. The Bertz CT molecular complexity index is 712. The number of para-hydroxylation sites is 1. The zero-order valence-corrected chi connectivity index (χ0v) is 13.7. The predicted octanol–water partition coefficient (Wildman–Crippen LogP) is 1.62. The SMILES string of the molecule is O=C(C(c1ccncc1)N1CCc2ccccc21)N1CCNCC1. The second-order valence-corrected chi connectivity index (χ2v) is 6.33. The van der Waals surface area contributed by atoms with E-state index in [2.05, 4.69) is 39.5 Å². The molecule has 1 fully saturated rings. The Balaban J connectivity index is 1.70. The summed E-state index contributed by atoms with van der Waals surface area (Å²) in [6, 6.07) is 12.1. The standard InChI is InChI=1S/C19H22N4O/c24-19(22-13-10-21-11-14-22)18(16-5-8-20-9-6-16)23-12-7-15-3-1-2-4-17(15)23/h1-6,8-9,18,21H,7,10-14H2. The fourth-order valence-corrected chi connectivity index (χ4v) is 3.69. The van der Waals surface area contributed by atoms with Crippen molar-refractivity contribution in [3.63, 3.8) is 0 Å². The van der Waals surface area contributed by atoms with E-state index in [4.69, 9.17) is 0 Å². The number of hydrogen-bond acceptors (Lipinski definition) is 4. The van der Waals surface area contributed by atoms with Crippen LogP contribution in [0.4, 0.5) is 5.69 Å². The van der Waals surface area contributed by atoms with Crippen LogP contribution in [0.15, 0.2) is 48.8 Å². The number of rotatable bonds is 3. The largest absolute Gasteiger partial charge is 0.355 e. The fraction of sp³-hybridized carbons (Fsp3) is 0.368. The van der Waals surface area contributed by atoms with Crippen LogP contribution >= 0.6 is 0 Å². The van der Waals surface area contributed by atoms with Gasteiger partial charge in [0.2, 0.25) is 5.91 Å². The molecule has 3 heterocycles. The molecule has 0 bridgehead atoms. The summed E-state index contributed by atoms with van der Waals surface area (Å²) >= 11 is 0. The molecule has 1 aromatic carbocycles. The van der Waals surface area contributed by atoms with Crippen LogP contribution in [0.2, 0.25) is 0 Å². The zero-order chi connectivity index (χ0) is 16.4.